The summed E-state index contributed by atoms with van der Waals surface area (Å²) in [4.78, 5) is 0. The summed E-state index contributed by atoms with van der Waals surface area (Å²) in [5.74, 6) is 0.610. The topological polar surface area (TPSA) is 75.7 Å². The van der Waals surface area contributed by atoms with Gasteiger partial charge in [-0.05, 0) is 24.1 Å². The van der Waals surface area contributed by atoms with Crippen LogP contribution in [0.5, 0.6) is 11.5 Å². The summed E-state index contributed by atoms with van der Waals surface area (Å²) in [6.07, 6.45) is -0.139. The second kappa shape index (κ2) is 7.11. The van der Waals surface area contributed by atoms with Gasteiger partial charge in [0.1, 0.15) is 18.1 Å². The molecule has 0 radical (unpaired) electrons. The van der Waals surface area contributed by atoms with E-state index in [0.717, 1.165) is 5.56 Å². The van der Waals surface area contributed by atoms with Crippen LogP contribution in [0, 0.1) is 0 Å². The molecule has 0 aliphatic carbocycles. The van der Waals surface area contributed by atoms with E-state index in [2.05, 4.69) is 0 Å². The lowest BCUT2D eigenvalue weighted by Crippen LogP contribution is -2.25. The number of nitrogens with two attached hydrogens (primary N) is 1. The number of hydrogen-bond donors (Lipinski definition) is 3. The first-order chi connectivity index (χ1) is 10.1. The zero-order chi connectivity index (χ0) is 15.2. The summed E-state index contributed by atoms with van der Waals surface area (Å²) in [6.45, 7) is 2.28. The highest BCUT2D eigenvalue weighted by Gasteiger charge is 2.18. The number of benzene rings is 2. The Hall–Kier alpha value is -2.04. The van der Waals surface area contributed by atoms with Crippen LogP contribution < -0.4 is 10.5 Å². The second-order valence-electron chi connectivity index (χ2n) is 5.00. The zero-order valence-corrected chi connectivity index (χ0v) is 12.1. The van der Waals surface area contributed by atoms with Crippen molar-refractivity contribution in [2.75, 3.05) is 0 Å². The number of rotatable bonds is 6. The zero-order valence-electron chi connectivity index (χ0n) is 12.1. The molecule has 2 atom stereocenters. The van der Waals surface area contributed by atoms with Gasteiger partial charge >= 0.3 is 0 Å². The molecule has 0 fully saturated rings. The average Bonchev–Trinajstić information content (AvgIpc) is 2.52. The van der Waals surface area contributed by atoms with E-state index < -0.39 is 12.1 Å². The van der Waals surface area contributed by atoms with Crippen molar-refractivity contribution >= 4 is 0 Å². The minimum atomic E-state index is -0.674. The van der Waals surface area contributed by atoms with E-state index in [1.54, 1.807) is 12.1 Å². The van der Waals surface area contributed by atoms with Gasteiger partial charge < -0.3 is 20.7 Å². The van der Waals surface area contributed by atoms with Gasteiger partial charge in [0.25, 0.3) is 0 Å². The van der Waals surface area contributed by atoms with Gasteiger partial charge in [-0.15, -0.1) is 0 Å². The lowest BCUT2D eigenvalue weighted by atomic mass is 9.99. The third-order valence-corrected chi connectivity index (χ3v) is 3.44. The number of aromatic hydroxyl groups is 1. The SMILES string of the molecule is CC[C@H](O)[C@H](N)c1ccc(OCc2ccccc2)cc1O. The fourth-order valence-corrected chi connectivity index (χ4v) is 2.10. The van der Waals surface area contributed by atoms with E-state index in [1.165, 1.54) is 6.07 Å². The number of ether oxygens (including phenoxy) is 1. The van der Waals surface area contributed by atoms with E-state index in [1.807, 2.05) is 37.3 Å². The van der Waals surface area contributed by atoms with Crippen molar-refractivity contribution in [1.29, 1.82) is 0 Å². The van der Waals surface area contributed by atoms with Gasteiger partial charge in [-0.3, -0.25) is 0 Å². The molecule has 112 valence electrons. The predicted molar refractivity (Wildman–Crippen MR) is 82.1 cm³/mol. The second-order valence-corrected chi connectivity index (χ2v) is 5.00. The van der Waals surface area contributed by atoms with Crippen molar-refractivity contribution < 1.29 is 14.9 Å². The van der Waals surface area contributed by atoms with Gasteiger partial charge in [-0.25, -0.2) is 0 Å². The molecule has 0 aliphatic rings. The highest BCUT2D eigenvalue weighted by atomic mass is 16.5. The average molecular weight is 287 g/mol. The van der Waals surface area contributed by atoms with Gasteiger partial charge in [0.05, 0.1) is 12.1 Å². The summed E-state index contributed by atoms with van der Waals surface area (Å²) in [7, 11) is 0. The first-order valence-corrected chi connectivity index (χ1v) is 7.05. The third-order valence-electron chi connectivity index (χ3n) is 3.44. The highest BCUT2D eigenvalue weighted by Crippen LogP contribution is 2.30. The van der Waals surface area contributed by atoms with Gasteiger partial charge in [0.15, 0.2) is 0 Å². The van der Waals surface area contributed by atoms with Gasteiger partial charge in [0, 0.05) is 11.6 Å². The first-order valence-electron chi connectivity index (χ1n) is 7.05. The smallest absolute Gasteiger partial charge is 0.124 e. The van der Waals surface area contributed by atoms with E-state index in [-0.39, 0.29) is 5.75 Å². The summed E-state index contributed by atoms with van der Waals surface area (Å²) < 4.78 is 5.63. The molecule has 0 aliphatic heterocycles. The maximum atomic E-state index is 10.0. The largest absolute Gasteiger partial charge is 0.507 e. The van der Waals surface area contributed by atoms with Crippen LogP contribution in [0.3, 0.4) is 0 Å². The third kappa shape index (κ3) is 3.97. The molecule has 0 heterocycles. The van der Waals surface area contributed by atoms with Crippen molar-refractivity contribution in [1.82, 2.24) is 0 Å². The Morgan fingerprint density at radius 3 is 2.48 bits per heavy atom. The highest BCUT2D eigenvalue weighted by molar-refractivity contribution is 5.41. The lowest BCUT2D eigenvalue weighted by molar-refractivity contribution is 0.139. The van der Waals surface area contributed by atoms with Crippen molar-refractivity contribution in [3.8, 4) is 11.5 Å². The Morgan fingerprint density at radius 1 is 1.14 bits per heavy atom. The molecule has 0 aromatic heterocycles. The molecule has 0 saturated carbocycles. The van der Waals surface area contributed by atoms with E-state index in [9.17, 15) is 10.2 Å². The molecule has 0 amide bonds. The summed E-state index contributed by atoms with van der Waals surface area (Å²) in [5.41, 5.74) is 7.49. The lowest BCUT2D eigenvalue weighted by Gasteiger charge is -2.19. The van der Waals surface area contributed by atoms with Crippen molar-refractivity contribution in [3.05, 3.63) is 59.7 Å². The molecule has 0 bridgehead atoms. The van der Waals surface area contributed by atoms with Crippen LogP contribution in [0.2, 0.25) is 0 Å². The van der Waals surface area contributed by atoms with Crippen molar-refractivity contribution in [2.24, 2.45) is 5.73 Å². The van der Waals surface area contributed by atoms with Gasteiger partial charge in [-0.1, -0.05) is 37.3 Å². The Morgan fingerprint density at radius 2 is 1.86 bits per heavy atom. The van der Waals surface area contributed by atoms with Crippen LogP contribution in [-0.4, -0.2) is 16.3 Å². The summed E-state index contributed by atoms with van der Waals surface area (Å²) in [5, 5.41) is 19.8. The molecule has 2 rings (SSSR count). The Labute approximate surface area is 124 Å². The van der Waals surface area contributed by atoms with Crippen molar-refractivity contribution in [3.63, 3.8) is 0 Å². The molecule has 2 aromatic rings. The fraction of sp³-hybridized carbons (Fsp3) is 0.294. The maximum absolute atomic E-state index is 10.0. The van der Waals surface area contributed by atoms with Crippen LogP contribution in [-0.2, 0) is 6.61 Å². The molecule has 0 unspecified atom stereocenters. The molecule has 0 spiro atoms. The molecule has 21 heavy (non-hydrogen) atoms. The quantitative estimate of drug-likeness (QED) is 0.763. The van der Waals surface area contributed by atoms with Crippen LogP contribution in [0.25, 0.3) is 0 Å². The van der Waals surface area contributed by atoms with Crippen molar-refractivity contribution in [2.45, 2.75) is 32.1 Å². The maximum Gasteiger partial charge on any atom is 0.124 e. The Kier molecular flexibility index (Phi) is 5.20. The standard InChI is InChI=1S/C17H21NO3/c1-2-15(19)17(18)14-9-8-13(10-16(14)20)21-11-12-6-4-3-5-7-12/h3-10,15,17,19-20H,2,11,18H2,1H3/t15-,17+/m0/s1. The van der Waals surface area contributed by atoms with E-state index in [0.29, 0.717) is 24.3 Å². The molecule has 4 N–H and O–H groups in total. The number of phenolic OH excluding ortho intramolecular Hbond substituents is 1. The molecule has 4 nitrogen and oxygen atoms in total. The minimum absolute atomic E-state index is 0.0422. The molecule has 0 saturated heterocycles. The number of hydrogen-bond acceptors (Lipinski definition) is 4. The number of phenols is 1. The fourth-order valence-electron chi connectivity index (χ4n) is 2.10. The van der Waals surface area contributed by atoms with Gasteiger partial charge in [-0.2, -0.15) is 0 Å². The monoisotopic (exact) mass is 287 g/mol. The predicted octanol–water partition coefficient (Wildman–Crippen LogP) is 2.74. The Bertz CT molecular complexity index is 572. The molecular formula is C17H21NO3. The van der Waals surface area contributed by atoms with Crippen LogP contribution in [0.15, 0.2) is 48.5 Å². The first kappa shape index (κ1) is 15.4. The van der Waals surface area contributed by atoms with Crippen LogP contribution in [0.4, 0.5) is 0 Å². The summed E-state index contributed by atoms with van der Waals surface area (Å²) in [6, 6.07) is 14.2. The number of aliphatic hydroxyl groups is 1. The Balaban J connectivity index is 2.05. The molecular weight excluding hydrogens is 266 g/mol. The molecule has 2 aromatic carbocycles. The van der Waals surface area contributed by atoms with Crippen LogP contribution in [0.1, 0.15) is 30.5 Å². The van der Waals surface area contributed by atoms with Gasteiger partial charge in [0.2, 0.25) is 0 Å². The summed E-state index contributed by atoms with van der Waals surface area (Å²) >= 11 is 0. The van der Waals surface area contributed by atoms with E-state index in [4.69, 9.17) is 10.5 Å². The van der Waals surface area contributed by atoms with Crippen LogP contribution >= 0.6 is 0 Å². The normalized spacial score (nSPS) is 13.7. The van der Waals surface area contributed by atoms with E-state index >= 15 is 0 Å². The molecule has 4 heteroatoms. The minimum Gasteiger partial charge on any atom is -0.507 e. The number of aliphatic hydroxyl groups excluding tert-OH is 1.